The van der Waals surface area contributed by atoms with Crippen molar-refractivity contribution in [1.29, 1.82) is 0 Å². The number of carboxylic acid groups (broad SMARTS) is 1. The van der Waals surface area contributed by atoms with Crippen molar-refractivity contribution in [2.45, 2.75) is 6.92 Å². The molecule has 0 aliphatic carbocycles. The minimum atomic E-state index is -1.18. The van der Waals surface area contributed by atoms with Crippen molar-refractivity contribution in [3.63, 3.8) is 0 Å². The number of imidazole rings is 1. The number of pyridine rings is 1. The Bertz CT molecular complexity index is 565. The summed E-state index contributed by atoms with van der Waals surface area (Å²) in [5.41, 5.74) is 0.493. The molecule has 0 unspecified atom stereocenters. The standard InChI is InChI=1S/C9H6FIN2O2/c1-4-7(9(14)15)13-6(12-4)3-2-5(11)8(13)10/h2-3H,1H3,(H,14,15). The molecule has 6 heteroatoms. The molecule has 0 saturated heterocycles. The Morgan fingerprint density at radius 3 is 2.87 bits per heavy atom. The van der Waals surface area contributed by atoms with Crippen molar-refractivity contribution in [1.82, 2.24) is 9.38 Å². The molecule has 0 saturated carbocycles. The number of halogens is 2. The molecule has 15 heavy (non-hydrogen) atoms. The van der Waals surface area contributed by atoms with Gasteiger partial charge in [-0.2, -0.15) is 4.39 Å². The number of aromatic nitrogens is 2. The van der Waals surface area contributed by atoms with Gasteiger partial charge in [-0.25, -0.2) is 9.78 Å². The second kappa shape index (κ2) is 3.44. The molecule has 0 aliphatic rings. The Morgan fingerprint density at radius 2 is 2.27 bits per heavy atom. The van der Waals surface area contributed by atoms with Crippen LogP contribution >= 0.6 is 22.6 Å². The molecule has 0 aliphatic heterocycles. The van der Waals surface area contributed by atoms with Gasteiger partial charge in [-0.3, -0.25) is 4.40 Å². The fraction of sp³-hybridized carbons (Fsp3) is 0.111. The van der Waals surface area contributed by atoms with Gasteiger partial charge in [-0.1, -0.05) is 0 Å². The van der Waals surface area contributed by atoms with Gasteiger partial charge in [0.2, 0.25) is 5.95 Å². The zero-order valence-electron chi connectivity index (χ0n) is 7.66. The molecule has 2 rings (SSSR count). The zero-order valence-corrected chi connectivity index (χ0v) is 9.82. The van der Waals surface area contributed by atoms with E-state index in [1.807, 2.05) is 0 Å². The Labute approximate surface area is 97.9 Å². The third-order valence-electron chi connectivity index (χ3n) is 2.05. The SMILES string of the molecule is Cc1nc2ccc(I)c(F)n2c1C(=O)O. The highest BCUT2D eigenvalue weighted by Gasteiger charge is 2.19. The smallest absolute Gasteiger partial charge is 0.354 e. The maximum Gasteiger partial charge on any atom is 0.354 e. The van der Waals surface area contributed by atoms with Gasteiger partial charge in [0.15, 0.2) is 5.69 Å². The van der Waals surface area contributed by atoms with E-state index < -0.39 is 11.9 Å². The highest BCUT2D eigenvalue weighted by atomic mass is 127. The Kier molecular flexibility index (Phi) is 2.37. The van der Waals surface area contributed by atoms with Gasteiger partial charge in [-0.05, 0) is 41.6 Å². The number of nitrogens with zero attached hydrogens (tertiary/aromatic N) is 2. The second-order valence-electron chi connectivity index (χ2n) is 3.02. The lowest BCUT2D eigenvalue weighted by Gasteiger charge is -2.01. The lowest BCUT2D eigenvalue weighted by atomic mass is 10.3. The van der Waals surface area contributed by atoms with Crippen LogP contribution in [-0.2, 0) is 0 Å². The topological polar surface area (TPSA) is 54.6 Å². The minimum Gasteiger partial charge on any atom is -0.477 e. The summed E-state index contributed by atoms with van der Waals surface area (Å²) >= 11 is 1.81. The van der Waals surface area contributed by atoms with Gasteiger partial charge in [0.25, 0.3) is 0 Å². The van der Waals surface area contributed by atoms with Crippen LogP contribution in [0.5, 0.6) is 0 Å². The minimum absolute atomic E-state index is 0.124. The molecule has 1 N–H and O–H groups in total. The van der Waals surface area contributed by atoms with E-state index in [-0.39, 0.29) is 5.69 Å². The first-order chi connectivity index (χ1) is 7.02. The first kappa shape index (κ1) is 10.3. The normalized spacial score (nSPS) is 10.9. The first-order valence-corrected chi connectivity index (χ1v) is 5.16. The number of carboxylic acids is 1. The summed E-state index contributed by atoms with van der Waals surface area (Å²) in [5.74, 6) is -1.77. The van der Waals surface area contributed by atoms with Gasteiger partial charge in [0, 0.05) is 0 Å². The summed E-state index contributed by atoms with van der Waals surface area (Å²) in [7, 11) is 0. The third-order valence-corrected chi connectivity index (χ3v) is 2.86. The fourth-order valence-electron chi connectivity index (χ4n) is 1.44. The van der Waals surface area contributed by atoms with Gasteiger partial charge >= 0.3 is 5.97 Å². The predicted molar refractivity (Wildman–Crippen MR) is 59.6 cm³/mol. The molecule has 4 nitrogen and oxygen atoms in total. The van der Waals surface area contributed by atoms with Crippen LogP contribution in [-0.4, -0.2) is 20.5 Å². The average Bonchev–Trinajstić information content (AvgIpc) is 2.49. The van der Waals surface area contributed by atoms with Gasteiger partial charge in [0.05, 0.1) is 9.26 Å². The van der Waals surface area contributed by atoms with Crippen LogP contribution in [0.15, 0.2) is 12.1 Å². The zero-order chi connectivity index (χ0) is 11.2. The second-order valence-corrected chi connectivity index (χ2v) is 4.18. The van der Waals surface area contributed by atoms with E-state index in [1.54, 1.807) is 41.6 Å². The number of aromatic carboxylic acids is 1. The molecule has 0 spiro atoms. The molecule has 0 atom stereocenters. The maximum absolute atomic E-state index is 13.7. The van der Waals surface area contributed by atoms with E-state index >= 15 is 0 Å². The van der Waals surface area contributed by atoms with E-state index in [4.69, 9.17) is 5.11 Å². The summed E-state index contributed by atoms with van der Waals surface area (Å²) in [4.78, 5) is 14.9. The van der Waals surface area contributed by atoms with Gasteiger partial charge < -0.3 is 5.11 Å². The lowest BCUT2D eigenvalue weighted by molar-refractivity contribution is 0.0687. The van der Waals surface area contributed by atoms with Crippen LogP contribution in [0.4, 0.5) is 4.39 Å². The van der Waals surface area contributed by atoms with E-state index in [0.717, 1.165) is 4.40 Å². The first-order valence-electron chi connectivity index (χ1n) is 4.08. The molecule has 0 radical (unpaired) electrons. The van der Waals surface area contributed by atoms with E-state index in [0.29, 0.717) is 14.9 Å². The number of aryl methyl sites for hydroxylation is 1. The van der Waals surface area contributed by atoms with Crippen LogP contribution in [0.25, 0.3) is 5.65 Å². The molecule has 0 fully saturated rings. The number of fused-ring (bicyclic) bond motifs is 1. The quantitative estimate of drug-likeness (QED) is 0.647. The lowest BCUT2D eigenvalue weighted by Crippen LogP contribution is -2.07. The average molecular weight is 320 g/mol. The molecule has 2 heterocycles. The molecule has 2 aromatic heterocycles. The Hall–Kier alpha value is -1.18. The van der Waals surface area contributed by atoms with Crippen molar-refractivity contribution < 1.29 is 14.3 Å². The summed E-state index contributed by atoms with van der Waals surface area (Å²) in [6.45, 7) is 1.54. The number of rotatable bonds is 1. The number of hydrogen-bond acceptors (Lipinski definition) is 2. The van der Waals surface area contributed by atoms with Crippen molar-refractivity contribution in [2.24, 2.45) is 0 Å². The largest absolute Gasteiger partial charge is 0.477 e. The van der Waals surface area contributed by atoms with Crippen LogP contribution in [0.1, 0.15) is 16.2 Å². The highest BCUT2D eigenvalue weighted by molar-refractivity contribution is 14.1. The predicted octanol–water partition coefficient (Wildman–Crippen LogP) is 2.08. The van der Waals surface area contributed by atoms with Crippen LogP contribution in [0.2, 0.25) is 0 Å². The summed E-state index contributed by atoms with van der Waals surface area (Å²) < 4.78 is 15.1. The van der Waals surface area contributed by atoms with Crippen LogP contribution in [0, 0.1) is 16.4 Å². The molecule has 78 valence electrons. The summed E-state index contributed by atoms with van der Waals surface area (Å²) in [5, 5.41) is 8.94. The molecule has 0 bridgehead atoms. The van der Waals surface area contributed by atoms with Gasteiger partial charge in [-0.15, -0.1) is 0 Å². The Morgan fingerprint density at radius 1 is 1.60 bits per heavy atom. The molecule has 0 amide bonds. The van der Waals surface area contributed by atoms with Crippen molar-refractivity contribution in [3.05, 3.63) is 33.0 Å². The molecule has 0 aromatic carbocycles. The number of carbonyl (C=O) groups is 1. The summed E-state index contributed by atoms with van der Waals surface area (Å²) in [6, 6.07) is 3.15. The van der Waals surface area contributed by atoms with Crippen molar-refractivity contribution in [3.8, 4) is 0 Å². The number of hydrogen-bond donors (Lipinski definition) is 1. The molecule has 2 aromatic rings. The maximum atomic E-state index is 13.7. The highest BCUT2D eigenvalue weighted by Crippen LogP contribution is 2.18. The van der Waals surface area contributed by atoms with E-state index in [1.165, 1.54) is 0 Å². The van der Waals surface area contributed by atoms with E-state index in [9.17, 15) is 9.18 Å². The van der Waals surface area contributed by atoms with Crippen LogP contribution < -0.4 is 0 Å². The third kappa shape index (κ3) is 1.48. The molecular formula is C9H6FIN2O2. The monoisotopic (exact) mass is 320 g/mol. The van der Waals surface area contributed by atoms with E-state index in [2.05, 4.69) is 4.98 Å². The van der Waals surface area contributed by atoms with Crippen molar-refractivity contribution >= 4 is 34.2 Å². The molecular weight excluding hydrogens is 314 g/mol. The van der Waals surface area contributed by atoms with Crippen LogP contribution in [0.3, 0.4) is 0 Å². The summed E-state index contributed by atoms with van der Waals surface area (Å²) in [6.07, 6.45) is 0. The van der Waals surface area contributed by atoms with Gasteiger partial charge in [0.1, 0.15) is 5.65 Å². The van der Waals surface area contributed by atoms with Crippen molar-refractivity contribution in [2.75, 3.05) is 0 Å². The Balaban J connectivity index is 2.96. The fourth-order valence-corrected chi connectivity index (χ4v) is 1.86.